The molecule has 118 valence electrons. The van der Waals surface area contributed by atoms with Crippen molar-refractivity contribution in [3.8, 4) is 0 Å². The van der Waals surface area contributed by atoms with Crippen molar-refractivity contribution in [2.45, 2.75) is 12.8 Å². The maximum absolute atomic E-state index is 12.3. The molecule has 1 N–H and O–H groups in total. The van der Waals surface area contributed by atoms with E-state index in [-0.39, 0.29) is 11.8 Å². The molecule has 1 aliphatic rings. The van der Waals surface area contributed by atoms with Crippen LogP contribution < -0.4 is 10.2 Å². The van der Waals surface area contributed by atoms with Gasteiger partial charge in [-0.1, -0.05) is 23.2 Å². The number of halogens is 2. The molecular weight excluding hydrogens is 335 g/mol. The van der Waals surface area contributed by atoms with Crippen LogP contribution in [-0.2, 0) is 11.2 Å². The van der Waals surface area contributed by atoms with Crippen molar-refractivity contribution in [2.75, 3.05) is 17.3 Å². The second kappa shape index (κ2) is 6.22. The lowest BCUT2D eigenvalue weighted by Crippen LogP contribution is -2.31. The number of fused-ring (bicyclic) bond motifs is 1. The van der Waals surface area contributed by atoms with Gasteiger partial charge in [0.05, 0.1) is 10.0 Å². The Morgan fingerprint density at radius 1 is 1.09 bits per heavy atom. The number of hydrogen-bond acceptors (Lipinski definition) is 2. The molecule has 0 radical (unpaired) electrons. The Kier molecular flexibility index (Phi) is 4.28. The fraction of sp³-hybridized carbons (Fsp3) is 0.176. The maximum atomic E-state index is 12.3. The normalized spacial score (nSPS) is 13.7. The maximum Gasteiger partial charge on any atom is 0.255 e. The number of benzene rings is 2. The van der Waals surface area contributed by atoms with Gasteiger partial charge in [-0.3, -0.25) is 9.59 Å². The monoisotopic (exact) mass is 348 g/mol. The van der Waals surface area contributed by atoms with E-state index in [0.29, 0.717) is 34.1 Å². The average molecular weight is 349 g/mol. The van der Waals surface area contributed by atoms with Gasteiger partial charge < -0.3 is 10.2 Å². The summed E-state index contributed by atoms with van der Waals surface area (Å²) in [7, 11) is 1.76. The fourth-order valence-electron chi connectivity index (χ4n) is 2.58. The number of anilines is 2. The van der Waals surface area contributed by atoms with E-state index >= 15 is 0 Å². The van der Waals surface area contributed by atoms with Gasteiger partial charge in [-0.05, 0) is 48.4 Å². The van der Waals surface area contributed by atoms with Crippen molar-refractivity contribution in [3.63, 3.8) is 0 Å². The molecule has 1 aliphatic heterocycles. The van der Waals surface area contributed by atoms with Crippen LogP contribution in [0.5, 0.6) is 0 Å². The Morgan fingerprint density at radius 3 is 2.61 bits per heavy atom. The van der Waals surface area contributed by atoms with Gasteiger partial charge in [0.2, 0.25) is 5.91 Å². The predicted molar refractivity (Wildman–Crippen MR) is 92.6 cm³/mol. The van der Waals surface area contributed by atoms with E-state index in [1.54, 1.807) is 30.1 Å². The molecule has 2 amide bonds. The zero-order valence-electron chi connectivity index (χ0n) is 12.4. The van der Waals surface area contributed by atoms with Crippen LogP contribution in [0.3, 0.4) is 0 Å². The van der Waals surface area contributed by atoms with Crippen LogP contribution in [0.1, 0.15) is 22.3 Å². The molecular formula is C17H14Cl2N2O2. The SMILES string of the molecule is CN1C(=O)CCc2cc(NC(=O)c3ccc(Cl)c(Cl)c3)ccc21. The molecule has 6 heteroatoms. The van der Waals surface area contributed by atoms with Gasteiger partial charge in [0.15, 0.2) is 0 Å². The Balaban J connectivity index is 1.82. The van der Waals surface area contributed by atoms with E-state index in [1.165, 1.54) is 6.07 Å². The number of aryl methyl sites for hydroxylation is 1. The van der Waals surface area contributed by atoms with Crippen molar-refractivity contribution in [1.82, 2.24) is 0 Å². The first-order chi connectivity index (χ1) is 11.0. The van der Waals surface area contributed by atoms with Gasteiger partial charge in [0.25, 0.3) is 5.91 Å². The summed E-state index contributed by atoms with van der Waals surface area (Å²) in [6, 6.07) is 10.3. The van der Waals surface area contributed by atoms with Crippen LogP contribution in [0.2, 0.25) is 10.0 Å². The second-order valence-electron chi connectivity index (χ2n) is 5.38. The van der Waals surface area contributed by atoms with Crippen LogP contribution in [0.4, 0.5) is 11.4 Å². The third-order valence-corrected chi connectivity index (χ3v) is 4.60. The second-order valence-corrected chi connectivity index (χ2v) is 6.19. The highest BCUT2D eigenvalue weighted by Crippen LogP contribution is 2.29. The van der Waals surface area contributed by atoms with Crippen LogP contribution in [-0.4, -0.2) is 18.9 Å². The van der Waals surface area contributed by atoms with Crippen LogP contribution in [0, 0.1) is 0 Å². The quantitative estimate of drug-likeness (QED) is 0.885. The minimum absolute atomic E-state index is 0.102. The Hall–Kier alpha value is -2.04. The number of hydrogen-bond donors (Lipinski definition) is 1. The van der Waals surface area contributed by atoms with Crippen molar-refractivity contribution in [1.29, 1.82) is 0 Å². The summed E-state index contributed by atoms with van der Waals surface area (Å²) in [6.45, 7) is 0. The van der Waals surface area contributed by atoms with E-state index in [9.17, 15) is 9.59 Å². The predicted octanol–water partition coefficient (Wildman–Crippen LogP) is 4.15. The molecule has 0 aliphatic carbocycles. The summed E-state index contributed by atoms with van der Waals surface area (Å²) in [5.74, 6) is -0.158. The highest BCUT2D eigenvalue weighted by Gasteiger charge is 2.21. The Morgan fingerprint density at radius 2 is 1.87 bits per heavy atom. The zero-order chi connectivity index (χ0) is 16.6. The molecule has 0 unspecified atom stereocenters. The lowest BCUT2D eigenvalue weighted by molar-refractivity contribution is -0.118. The Labute approximate surface area is 144 Å². The molecule has 0 atom stereocenters. The molecule has 0 fully saturated rings. The summed E-state index contributed by atoms with van der Waals surface area (Å²) in [4.78, 5) is 25.6. The van der Waals surface area contributed by atoms with Crippen molar-refractivity contribution >= 4 is 46.4 Å². The summed E-state index contributed by atoms with van der Waals surface area (Å²) in [5, 5.41) is 3.58. The minimum Gasteiger partial charge on any atom is -0.322 e. The summed E-state index contributed by atoms with van der Waals surface area (Å²) < 4.78 is 0. The summed E-state index contributed by atoms with van der Waals surface area (Å²) in [5.41, 5.74) is 3.04. The molecule has 0 saturated heterocycles. The van der Waals surface area contributed by atoms with Crippen molar-refractivity contribution in [3.05, 3.63) is 57.6 Å². The molecule has 0 bridgehead atoms. The highest BCUT2D eigenvalue weighted by atomic mass is 35.5. The molecule has 1 heterocycles. The summed E-state index contributed by atoms with van der Waals surface area (Å²) >= 11 is 11.8. The van der Waals surface area contributed by atoms with E-state index in [4.69, 9.17) is 23.2 Å². The number of amides is 2. The number of carbonyl (C=O) groups excluding carboxylic acids is 2. The number of rotatable bonds is 2. The van der Waals surface area contributed by atoms with Gasteiger partial charge >= 0.3 is 0 Å². The molecule has 2 aromatic rings. The molecule has 0 saturated carbocycles. The van der Waals surface area contributed by atoms with E-state index in [0.717, 1.165) is 11.3 Å². The van der Waals surface area contributed by atoms with Crippen LogP contribution >= 0.6 is 23.2 Å². The third kappa shape index (κ3) is 3.19. The molecule has 3 rings (SSSR count). The van der Waals surface area contributed by atoms with Gasteiger partial charge in [0, 0.05) is 30.4 Å². The van der Waals surface area contributed by atoms with Gasteiger partial charge in [-0.25, -0.2) is 0 Å². The van der Waals surface area contributed by atoms with Crippen LogP contribution in [0.15, 0.2) is 36.4 Å². The smallest absolute Gasteiger partial charge is 0.255 e. The van der Waals surface area contributed by atoms with Crippen LogP contribution in [0.25, 0.3) is 0 Å². The van der Waals surface area contributed by atoms with Crippen molar-refractivity contribution in [2.24, 2.45) is 0 Å². The summed E-state index contributed by atoms with van der Waals surface area (Å²) in [6.07, 6.45) is 1.16. The van der Waals surface area contributed by atoms with E-state index < -0.39 is 0 Å². The lowest BCUT2D eigenvalue weighted by atomic mass is 10.0. The fourth-order valence-corrected chi connectivity index (χ4v) is 2.87. The first-order valence-corrected chi connectivity index (χ1v) is 7.87. The highest BCUT2D eigenvalue weighted by molar-refractivity contribution is 6.42. The first-order valence-electron chi connectivity index (χ1n) is 7.11. The lowest BCUT2D eigenvalue weighted by Gasteiger charge is -2.26. The van der Waals surface area contributed by atoms with Crippen molar-refractivity contribution < 1.29 is 9.59 Å². The van der Waals surface area contributed by atoms with Gasteiger partial charge in [-0.15, -0.1) is 0 Å². The number of nitrogens with one attached hydrogen (secondary N) is 1. The molecule has 2 aromatic carbocycles. The van der Waals surface area contributed by atoms with E-state index in [1.807, 2.05) is 12.1 Å². The molecule has 0 aromatic heterocycles. The molecule has 23 heavy (non-hydrogen) atoms. The Bertz CT molecular complexity index is 805. The topological polar surface area (TPSA) is 49.4 Å². The first kappa shape index (κ1) is 15.8. The largest absolute Gasteiger partial charge is 0.322 e. The minimum atomic E-state index is -0.260. The standard InChI is InChI=1S/C17H14Cl2N2O2/c1-21-15-6-4-12(8-10(15)3-7-16(21)22)20-17(23)11-2-5-13(18)14(19)9-11/h2,4-6,8-9H,3,7H2,1H3,(H,20,23). The number of carbonyl (C=O) groups is 2. The number of nitrogens with zero attached hydrogens (tertiary/aromatic N) is 1. The van der Waals surface area contributed by atoms with Gasteiger partial charge in [-0.2, -0.15) is 0 Å². The molecule has 0 spiro atoms. The van der Waals surface area contributed by atoms with Gasteiger partial charge in [0.1, 0.15) is 0 Å². The third-order valence-electron chi connectivity index (χ3n) is 3.86. The average Bonchev–Trinajstić information content (AvgIpc) is 2.53. The van der Waals surface area contributed by atoms with E-state index in [2.05, 4.69) is 5.32 Å². The zero-order valence-corrected chi connectivity index (χ0v) is 13.9. The molecule has 4 nitrogen and oxygen atoms in total.